The number of fused-ring (bicyclic) bond motifs is 11. The molecule has 0 aliphatic carbocycles. The molecule has 0 spiro atoms. The smallest absolute Gasteiger partial charge is 0.159 e. The lowest BCUT2D eigenvalue weighted by Gasteiger charge is -2.25. The number of hydrogen-bond acceptors (Lipinski definition) is 4. The summed E-state index contributed by atoms with van der Waals surface area (Å²) < 4.78 is 9.15. The Balaban J connectivity index is 0.992. The van der Waals surface area contributed by atoms with Crippen LogP contribution in [-0.2, 0) is 0 Å². The molecule has 0 fully saturated rings. The van der Waals surface area contributed by atoms with Gasteiger partial charge in [-0.15, -0.1) is 11.3 Å². The summed E-state index contributed by atoms with van der Waals surface area (Å²) in [5, 5.41) is 9.91. The molecule has 3 nitrogen and oxygen atoms in total. The van der Waals surface area contributed by atoms with Crippen LogP contribution < -0.4 is 9.80 Å². The number of benzene rings is 10. The normalized spacial score (nSPS) is 11.7. The maximum atomic E-state index is 6.59. The van der Waals surface area contributed by atoms with Crippen molar-refractivity contribution in [1.82, 2.24) is 0 Å². The summed E-state index contributed by atoms with van der Waals surface area (Å²) in [6, 6.07) is 78.4. The van der Waals surface area contributed by atoms with Crippen LogP contribution in [0.1, 0.15) is 0 Å². The highest BCUT2D eigenvalue weighted by Crippen LogP contribution is 2.48. The number of rotatable bonds is 7. The van der Waals surface area contributed by atoms with Crippen LogP contribution in [0.15, 0.2) is 223 Å². The number of para-hydroxylation sites is 5. The first kappa shape index (κ1) is 34.4. The first-order chi connectivity index (χ1) is 29.8. The van der Waals surface area contributed by atoms with Gasteiger partial charge >= 0.3 is 0 Å². The Labute approximate surface area is 351 Å². The molecule has 0 amide bonds. The highest BCUT2D eigenvalue weighted by Gasteiger charge is 2.21. The van der Waals surface area contributed by atoms with E-state index in [2.05, 4.69) is 222 Å². The predicted octanol–water partition coefficient (Wildman–Crippen LogP) is 16.9. The summed E-state index contributed by atoms with van der Waals surface area (Å²) in [7, 11) is 0. The van der Waals surface area contributed by atoms with Gasteiger partial charge in [0, 0.05) is 64.8 Å². The SMILES string of the molecule is c1ccc(N(c2ccccc2)c2ccc(-c3ccc4c(c3)c3ccccc3c3c5ccc(N(c6ccccc6)c6cccc7c6oc6ccccc67)cc5sc43)cc2)cc1. The fraction of sp³-hybridized carbons (Fsp3) is 0. The van der Waals surface area contributed by atoms with Crippen molar-refractivity contribution >= 4 is 109 Å². The highest BCUT2D eigenvalue weighted by molar-refractivity contribution is 7.27. The molecule has 4 heteroatoms. The molecule has 2 heterocycles. The quantitative estimate of drug-likeness (QED) is 0.150. The van der Waals surface area contributed by atoms with E-state index >= 15 is 0 Å². The zero-order valence-corrected chi connectivity index (χ0v) is 33.3. The van der Waals surface area contributed by atoms with Gasteiger partial charge in [0.25, 0.3) is 0 Å². The topological polar surface area (TPSA) is 19.6 Å². The summed E-state index contributed by atoms with van der Waals surface area (Å²) >= 11 is 1.88. The van der Waals surface area contributed by atoms with Gasteiger partial charge in [0.05, 0.1) is 5.69 Å². The summed E-state index contributed by atoms with van der Waals surface area (Å²) in [6.45, 7) is 0. The third-order valence-electron chi connectivity index (χ3n) is 11.8. The van der Waals surface area contributed by atoms with Crippen molar-refractivity contribution in [2.24, 2.45) is 0 Å². The fourth-order valence-corrected chi connectivity index (χ4v) is 10.4. The van der Waals surface area contributed by atoms with Gasteiger partial charge in [0.15, 0.2) is 5.58 Å². The van der Waals surface area contributed by atoms with Crippen LogP contribution in [0.3, 0.4) is 0 Å². The van der Waals surface area contributed by atoms with E-state index in [1.165, 1.54) is 52.8 Å². The molecular weight excluding hydrogens is 749 g/mol. The van der Waals surface area contributed by atoms with E-state index in [4.69, 9.17) is 4.42 Å². The predicted molar refractivity (Wildman–Crippen MR) is 256 cm³/mol. The number of anilines is 6. The third kappa shape index (κ3) is 5.57. The Hall–Kier alpha value is -7.66. The van der Waals surface area contributed by atoms with Crippen LogP contribution in [0, 0.1) is 0 Å². The Kier molecular flexibility index (Phi) is 8.03. The van der Waals surface area contributed by atoms with Crippen LogP contribution in [-0.4, -0.2) is 0 Å². The molecular formula is C56H36N2OS. The van der Waals surface area contributed by atoms with E-state index in [0.717, 1.165) is 56.1 Å². The molecule has 0 bridgehead atoms. The van der Waals surface area contributed by atoms with Crippen molar-refractivity contribution in [3.8, 4) is 11.1 Å². The van der Waals surface area contributed by atoms with E-state index in [-0.39, 0.29) is 0 Å². The molecule has 0 unspecified atom stereocenters. The van der Waals surface area contributed by atoms with Crippen molar-refractivity contribution in [2.75, 3.05) is 9.80 Å². The third-order valence-corrected chi connectivity index (χ3v) is 13.0. The van der Waals surface area contributed by atoms with Gasteiger partial charge in [-0.1, -0.05) is 140 Å². The van der Waals surface area contributed by atoms with E-state index in [1.807, 2.05) is 17.4 Å². The Morgan fingerprint density at radius 2 is 0.883 bits per heavy atom. The molecule has 60 heavy (non-hydrogen) atoms. The van der Waals surface area contributed by atoms with Crippen molar-refractivity contribution < 1.29 is 4.42 Å². The van der Waals surface area contributed by atoms with Crippen LogP contribution >= 0.6 is 11.3 Å². The van der Waals surface area contributed by atoms with E-state index in [0.29, 0.717) is 0 Å². The second kappa shape index (κ2) is 14.0. The summed E-state index contributed by atoms with van der Waals surface area (Å²) in [5.41, 5.74) is 10.7. The van der Waals surface area contributed by atoms with E-state index in [9.17, 15) is 0 Å². The Morgan fingerprint density at radius 3 is 1.60 bits per heavy atom. The highest BCUT2D eigenvalue weighted by atomic mass is 32.1. The molecule has 0 saturated carbocycles. The van der Waals surface area contributed by atoms with Gasteiger partial charge < -0.3 is 14.2 Å². The minimum Gasteiger partial charge on any atom is -0.454 e. The average Bonchev–Trinajstić information content (AvgIpc) is 3.90. The fourth-order valence-electron chi connectivity index (χ4n) is 9.08. The number of nitrogens with zero attached hydrogens (tertiary/aromatic N) is 2. The lowest BCUT2D eigenvalue weighted by molar-refractivity contribution is 0.669. The first-order valence-corrected chi connectivity index (χ1v) is 21.2. The standard InChI is InChI=1S/C56H36N2OS/c1-4-15-39(16-5-1)57(40-17-6-2-7-18-40)42-30-27-37(28-31-42)38-29-33-48-50(35-38)44-21-10-11-23-46(44)54-49-34-32-43(36-53(49)60-56(48)54)58(41-19-8-3-9-20-41)51-25-14-24-47-45-22-12-13-26-52(45)59-55(47)51/h1-36H. The minimum absolute atomic E-state index is 0.881. The number of thiophene rings is 1. The van der Waals surface area contributed by atoms with Crippen LogP contribution in [0.2, 0.25) is 0 Å². The van der Waals surface area contributed by atoms with Crippen LogP contribution in [0.4, 0.5) is 34.1 Å². The molecule has 2 aromatic heterocycles. The zero-order chi connectivity index (χ0) is 39.6. The molecule has 0 saturated heterocycles. The van der Waals surface area contributed by atoms with Crippen LogP contribution in [0.25, 0.3) is 74.8 Å². The summed E-state index contributed by atoms with van der Waals surface area (Å²) in [5.74, 6) is 0. The van der Waals surface area contributed by atoms with Crippen molar-refractivity contribution in [2.45, 2.75) is 0 Å². The summed E-state index contributed by atoms with van der Waals surface area (Å²) in [6.07, 6.45) is 0. The van der Waals surface area contributed by atoms with Gasteiger partial charge in [-0.25, -0.2) is 0 Å². The van der Waals surface area contributed by atoms with Gasteiger partial charge in [0.1, 0.15) is 5.58 Å². The van der Waals surface area contributed by atoms with E-state index in [1.54, 1.807) is 0 Å². The van der Waals surface area contributed by atoms with Crippen LogP contribution in [0.5, 0.6) is 0 Å². The van der Waals surface area contributed by atoms with Crippen molar-refractivity contribution in [3.63, 3.8) is 0 Å². The molecule has 10 aromatic carbocycles. The van der Waals surface area contributed by atoms with Crippen molar-refractivity contribution in [3.05, 3.63) is 218 Å². The Morgan fingerprint density at radius 1 is 0.333 bits per heavy atom. The van der Waals surface area contributed by atoms with Gasteiger partial charge in [-0.2, -0.15) is 0 Å². The number of furan rings is 1. The summed E-state index contributed by atoms with van der Waals surface area (Å²) in [4.78, 5) is 4.64. The first-order valence-electron chi connectivity index (χ1n) is 20.3. The maximum absolute atomic E-state index is 6.59. The molecule has 0 aliphatic rings. The van der Waals surface area contributed by atoms with Gasteiger partial charge in [-0.3, -0.25) is 0 Å². The largest absolute Gasteiger partial charge is 0.454 e. The minimum atomic E-state index is 0.881. The molecule has 12 rings (SSSR count). The maximum Gasteiger partial charge on any atom is 0.159 e. The molecule has 282 valence electrons. The molecule has 0 radical (unpaired) electrons. The second-order valence-electron chi connectivity index (χ2n) is 15.3. The molecule has 0 aliphatic heterocycles. The van der Waals surface area contributed by atoms with Gasteiger partial charge in [0.2, 0.25) is 0 Å². The number of hydrogen-bond donors (Lipinski definition) is 0. The van der Waals surface area contributed by atoms with Crippen molar-refractivity contribution in [1.29, 1.82) is 0 Å². The lowest BCUT2D eigenvalue weighted by atomic mass is 9.94. The van der Waals surface area contributed by atoms with E-state index < -0.39 is 0 Å². The lowest BCUT2D eigenvalue weighted by Crippen LogP contribution is -2.09. The Bertz CT molecular complexity index is 3500. The molecule has 0 N–H and O–H groups in total. The second-order valence-corrected chi connectivity index (χ2v) is 16.3. The molecule has 12 aromatic rings. The molecule has 0 atom stereocenters. The monoisotopic (exact) mass is 784 g/mol. The average molecular weight is 785 g/mol. The zero-order valence-electron chi connectivity index (χ0n) is 32.5. The van der Waals surface area contributed by atoms with Gasteiger partial charge in [-0.05, 0) is 106 Å².